The Balaban J connectivity index is 1.43. The highest BCUT2D eigenvalue weighted by Crippen LogP contribution is 2.17. The molecule has 1 heterocycles. The molecule has 148 valence electrons. The summed E-state index contributed by atoms with van der Waals surface area (Å²) in [5, 5.41) is 0. The van der Waals surface area contributed by atoms with Crippen LogP contribution in [0.15, 0.2) is 42.5 Å². The number of hydrogen-bond donors (Lipinski definition) is 0. The van der Waals surface area contributed by atoms with Crippen LogP contribution >= 0.6 is 0 Å². The van der Waals surface area contributed by atoms with Gasteiger partial charge in [0, 0.05) is 31.7 Å². The number of benzene rings is 2. The third-order valence-corrected chi connectivity index (χ3v) is 5.07. The van der Waals surface area contributed by atoms with Crippen LogP contribution in [0.2, 0.25) is 0 Å². The molecule has 3 rings (SSSR count). The summed E-state index contributed by atoms with van der Waals surface area (Å²) in [6.45, 7) is 6.34. The lowest BCUT2D eigenvalue weighted by Crippen LogP contribution is -2.50. The van der Waals surface area contributed by atoms with Crippen molar-refractivity contribution in [2.24, 2.45) is 0 Å². The number of nitrogens with zero attached hydrogens (tertiary/aromatic N) is 2. The quantitative estimate of drug-likeness (QED) is 0.796. The van der Waals surface area contributed by atoms with Gasteiger partial charge < -0.3 is 14.5 Å². The summed E-state index contributed by atoms with van der Waals surface area (Å²) in [5.74, 6) is 0.295. The number of halogens is 1. The molecule has 0 aliphatic carbocycles. The lowest BCUT2D eigenvalue weighted by molar-refractivity contribution is -0.133. The third kappa shape index (κ3) is 4.88. The van der Waals surface area contributed by atoms with Gasteiger partial charge in [0.1, 0.15) is 11.6 Å². The Kier molecular flexibility index (Phi) is 6.29. The predicted octanol–water partition coefficient (Wildman–Crippen LogP) is 3.20. The van der Waals surface area contributed by atoms with Crippen LogP contribution in [0.5, 0.6) is 5.75 Å². The van der Waals surface area contributed by atoms with Gasteiger partial charge in [0.25, 0.3) is 5.91 Å². The molecular weight excluding hydrogens is 359 g/mol. The van der Waals surface area contributed by atoms with Crippen LogP contribution in [0.25, 0.3) is 0 Å². The number of carbonyl (C=O) groups is 2. The Labute approximate surface area is 164 Å². The maximum atomic E-state index is 13.0. The first-order valence-corrected chi connectivity index (χ1v) is 9.47. The fourth-order valence-electron chi connectivity index (χ4n) is 3.15. The zero-order valence-corrected chi connectivity index (χ0v) is 16.3. The molecule has 0 unspecified atom stereocenters. The van der Waals surface area contributed by atoms with Gasteiger partial charge in [-0.2, -0.15) is 0 Å². The fourth-order valence-corrected chi connectivity index (χ4v) is 3.15. The molecule has 0 N–H and O–H groups in total. The second-order valence-corrected chi connectivity index (χ2v) is 7.02. The maximum Gasteiger partial charge on any atom is 0.253 e. The van der Waals surface area contributed by atoms with Crippen LogP contribution in [-0.2, 0) is 4.79 Å². The van der Waals surface area contributed by atoms with Gasteiger partial charge in [0.2, 0.25) is 5.91 Å². The highest BCUT2D eigenvalue weighted by Gasteiger charge is 2.24. The van der Waals surface area contributed by atoms with Crippen LogP contribution < -0.4 is 4.74 Å². The number of piperazine rings is 1. The van der Waals surface area contributed by atoms with Crippen LogP contribution in [0.4, 0.5) is 4.39 Å². The first kappa shape index (κ1) is 19.9. The molecule has 0 saturated carbocycles. The van der Waals surface area contributed by atoms with E-state index in [2.05, 4.69) is 0 Å². The predicted molar refractivity (Wildman–Crippen MR) is 105 cm³/mol. The monoisotopic (exact) mass is 384 g/mol. The fraction of sp³-hybridized carbons (Fsp3) is 0.364. The molecule has 1 aliphatic heterocycles. The van der Waals surface area contributed by atoms with E-state index >= 15 is 0 Å². The summed E-state index contributed by atoms with van der Waals surface area (Å²) in [4.78, 5) is 28.3. The van der Waals surface area contributed by atoms with E-state index in [1.807, 2.05) is 32.0 Å². The molecule has 0 radical (unpaired) electrons. The van der Waals surface area contributed by atoms with Crippen molar-refractivity contribution in [3.63, 3.8) is 0 Å². The Hall–Kier alpha value is -2.89. The normalized spacial score (nSPS) is 14.1. The largest absolute Gasteiger partial charge is 0.493 e. The van der Waals surface area contributed by atoms with E-state index in [9.17, 15) is 14.0 Å². The molecule has 0 spiro atoms. The van der Waals surface area contributed by atoms with E-state index in [0.717, 1.165) is 11.3 Å². The van der Waals surface area contributed by atoms with E-state index in [0.29, 0.717) is 44.8 Å². The number of aryl methyl sites for hydroxylation is 2. The minimum absolute atomic E-state index is 0.0257. The molecular formula is C22H25FN2O3. The van der Waals surface area contributed by atoms with E-state index in [-0.39, 0.29) is 17.6 Å². The van der Waals surface area contributed by atoms with Gasteiger partial charge in [-0.15, -0.1) is 0 Å². The SMILES string of the molecule is Cc1ccc(OCCC(=O)N2CCN(C(=O)c3ccc(F)cc3)CC2)cc1C. The van der Waals surface area contributed by atoms with Gasteiger partial charge in [-0.25, -0.2) is 4.39 Å². The van der Waals surface area contributed by atoms with E-state index in [4.69, 9.17) is 4.74 Å². The van der Waals surface area contributed by atoms with Crippen molar-refractivity contribution in [2.75, 3.05) is 32.8 Å². The summed E-state index contributed by atoms with van der Waals surface area (Å²) in [6, 6.07) is 11.4. The first-order chi connectivity index (χ1) is 13.4. The van der Waals surface area contributed by atoms with Gasteiger partial charge in [-0.3, -0.25) is 9.59 Å². The van der Waals surface area contributed by atoms with Crippen molar-refractivity contribution < 1.29 is 18.7 Å². The minimum atomic E-state index is -0.366. The Morgan fingerprint density at radius 2 is 1.57 bits per heavy atom. The van der Waals surface area contributed by atoms with Crippen LogP contribution in [0.1, 0.15) is 27.9 Å². The first-order valence-electron chi connectivity index (χ1n) is 9.47. The second kappa shape index (κ2) is 8.87. The van der Waals surface area contributed by atoms with Crippen molar-refractivity contribution in [1.82, 2.24) is 9.80 Å². The molecule has 1 fully saturated rings. The average molecular weight is 384 g/mol. The lowest BCUT2D eigenvalue weighted by Gasteiger charge is -2.34. The zero-order chi connectivity index (χ0) is 20.1. The summed E-state index contributed by atoms with van der Waals surface area (Å²) >= 11 is 0. The summed E-state index contributed by atoms with van der Waals surface area (Å²) in [6.07, 6.45) is 0.304. The molecule has 1 saturated heterocycles. The van der Waals surface area contributed by atoms with Crippen LogP contribution in [0.3, 0.4) is 0 Å². The topological polar surface area (TPSA) is 49.9 Å². The molecule has 1 aliphatic rings. The lowest BCUT2D eigenvalue weighted by atomic mass is 10.1. The molecule has 28 heavy (non-hydrogen) atoms. The van der Waals surface area contributed by atoms with Crippen molar-refractivity contribution in [3.8, 4) is 5.75 Å². The summed E-state index contributed by atoms with van der Waals surface area (Å²) in [5.41, 5.74) is 2.82. The number of ether oxygens (including phenoxy) is 1. The van der Waals surface area contributed by atoms with Gasteiger partial charge in [-0.1, -0.05) is 6.07 Å². The number of carbonyl (C=O) groups excluding carboxylic acids is 2. The summed E-state index contributed by atoms with van der Waals surface area (Å²) in [7, 11) is 0. The number of rotatable bonds is 5. The average Bonchev–Trinajstić information content (AvgIpc) is 2.71. The smallest absolute Gasteiger partial charge is 0.253 e. The van der Waals surface area contributed by atoms with Crippen LogP contribution in [0, 0.1) is 19.7 Å². The second-order valence-electron chi connectivity index (χ2n) is 7.02. The van der Waals surface area contributed by atoms with Crippen molar-refractivity contribution in [1.29, 1.82) is 0 Å². The van der Waals surface area contributed by atoms with Gasteiger partial charge in [0.15, 0.2) is 0 Å². The number of hydrogen-bond acceptors (Lipinski definition) is 3. The Bertz CT molecular complexity index is 843. The molecule has 5 nitrogen and oxygen atoms in total. The summed E-state index contributed by atoms with van der Waals surface area (Å²) < 4.78 is 18.7. The minimum Gasteiger partial charge on any atom is -0.493 e. The van der Waals surface area contributed by atoms with Gasteiger partial charge >= 0.3 is 0 Å². The molecule has 2 aromatic rings. The Morgan fingerprint density at radius 1 is 0.929 bits per heavy atom. The molecule has 6 heteroatoms. The van der Waals surface area contributed by atoms with Crippen molar-refractivity contribution >= 4 is 11.8 Å². The molecule has 0 aromatic heterocycles. The standard InChI is InChI=1S/C22H25FN2O3/c1-16-3-8-20(15-17(16)2)28-14-9-21(26)24-10-12-25(13-11-24)22(27)18-4-6-19(23)7-5-18/h3-8,15H,9-14H2,1-2H3. The van der Waals surface area contributed by atoms with Crippen molar-refractivity contribution in [3.05, 3.63) is 65.0 Å². The van der Waals surface area contributed by atoms with E-state index in [1.165, 1.54) is 29.8 Å². The number of amides is 2. The molecule has 0 bridgehead atoms. The Morgan fingerprint density at radius 3 is 2.21 bits per heavy atom. The van der Waals surface area contributed by atoms with Crippen molar-refractivity contribution in [2.45, 2.75) is 20.3 Å². The van der Waals surface area contributed by atoms with Crippen LogP contribution in [-0.4, -0.2) is 54.4 Å². The highest BCUT2D eigenvalue weighted by molar-refractivity contribution is 5.94. The third-order valence-electron chi connectivity index (χ3n) is 5.07. The van der Waals surface area contributed by atoms with E-state index in [1.54, 1.807) is 9.80 Å². The molecule has 0 atom stereocenters. The zero-order valence-electron chi connectivity index (χ0n) is 16.3. The van der Waals surface area contributed by atoms with Gasteiger partial charge in [0.05, 0.1) is 13.0 Å². The van der Waals surface area contributed by atoms with Gasteiger partial charge in [-0.05, 0) is 61.4 Å². The molecule has 2 amide bonds. The maximum absolute atomic E-state index is 13.0. The highest BCUT2D eigenvalue weighted by atomic mass is 19.1. The molecule has 2 aromatic carbocycles. The van der Waals surface area contributed by atoms with E-state index < -0.39 is 0 Å².